The predicted molar refractivity (Wildman–Crippen MR) is 89.1 cm³/mol. The molecular formula is C18H26N2O2. The highest BCUT2D eigenvalue weighted by atomic mass is 16.5. The lowest BCUT2D eigenvalue weighted by Gasteiger charge is -2.25. The zero-order chi connectivity index (χ0) is 15.8. The molecule has 0 unspecified atom stereocenters. The molecule has 0 spiro atoms. The molecule has 0 radical (unpaired) electrons. The summed E-state index contributed by atoms with van der Waals surface area (Å²) in [5.41, 5.74) is 1.16. The van der Waals surface area contributed by atoms with Crippen molar-refractivity contribution in [3.63, 3.8) is 0 Å². The summed E-state index contributed by atoms with van der Waals surface area (Å²) in [4.78, 5) is 14.2. The molecule has 1 atom stereocenters. The molecule has 4 nitrogen and oxygen atoms in total. The topological polar surface area (TPSA) is 41.6 Å². The Labute approximate surface area is 133 Å². The van der Waals surface area contributed by atoms with E-state index < -0.39 is 0 Å². The van der Waals surface area contributed by atoms with Crippen LogP contribution in [-0.4, -0.2) is 43.6 Å². The molecule has 1 fully saturated rings. The third-order valence-electron chi connectivity index (χ3n) is 4.21. The largest absolute Gasteiger partial charge is 0.496 e. The van der Waals surface area contributed by atoms with E-state index in [9.17, 15) is 4.79 Å². The molecule has 1 aliphatic rings. The minimum absolute atomic E-state index is 0.281. The molecule has 0 aromatic heterocycles. The summed E-state index contributed by atoms with van der Waals surface area (Å²) in [5.74, 6) is 1.18. The summed E-state index contributed by atoms with van der Waals surface area (Å²) in [6, 6.07) is 8.38. The molecule has 1 aromatic rings. The van der Waals surface area contributed by atoms with Crippen molar-refractivity contribution in [3.8, 4) is 5.75 Å². The average Bonchev–Trinajstić information content (AvgIpc) is 2.90. The first-order chi connectivity index (χ1) is 10.8. The van der Waals surface area contributed by atoms with Crippen molar-refractivity contribution < 1.29 is 9.53 Å². The van der Waals surface area contributed by atoms with Gasteiger partial charge in [0.05, 0.1) is 7.11 Å². The Morgan fingerprint density at radius 1 is 1.45 bits per heavy atom. The Kier molecular flexibility index (Phi) is 6.46. The number of amides is 1. The summed E-state index contributed by atoms with van der Waals surface area (Å²) in [6.45, 7) is 6.21. The SMILES string of the molecule is C=CCNCC[C@H]1CCC(=O)N1CCc1ccccc1OC. The number of para-hydroxylation sites is 1. The van der Waals surface area contributed by atoms with Crippen LogP contribution < -0.4 is 10.1 Å². The minimum Gasteiger partial charge on any atom is -0.496 e. The lowest BCUT2D eigenvalue weighted by atomic mass is 10.1. The van der Waals surface area contributed by atoms with Gasteiger partial charge in [0.25, 0.3) is 0 Å². The maximum Gasteiger partial charge on any atom is 0.222 e. The van der Waals surface area contributed by atoms with Gasteiger partial charge in [-0.05, 0) is 37.4 Å². The number of rotatable bonds is 9. The van der Waals surface area contributed by atoms with Gasteiger partial charge in [-0.25, -0.2) is 0 Å². The first-order valence-electron chi connectivity index (χ1n) is 7.99. The van der Waals surface area contributed by atoms with Crippen molar-refractivity contribution in [2.45, 2.75) is 31.7 Å². The van der Waals surface area contributed by atoms with E-state index in [-0.39, 0.29) is 5.91 Å². The number of ether oxygens (including phenoxy) is 1. The monoisotopic (exact) mass is 302 g/mol. The van der Waals surface area contributed by atoms with E-state index in [0.717, 1.165) is 50.2 Å². The number of hydrogen-bond acceptors (Lipinski definition) is 3. The standard InChI is InChI=1S/C18H26N2O2/c1-3-12-19-13-10-16-8-9-18(21)20(16)14-11-15-6-4-5-7-17(15)22-2/h3-7,16,19H,1,8-14H2,2H3/t16-/m1/s1. The smallest absolute Gasteiger partial charge is 0.222 e. The number of methoxy groups -OCH3 is 1. The number of nitrogens with zero attached hydrogens (tertiary/aromatic N) is 1. The first-order valence-corrected chi connectivity index (χ1v) is 7.99. The van der Waals surface area contributed by atoms with Gasteiger partial charge >= 0.3 is 0 Å². The van der Waals surface area contributed by atoms with Gasteiger partial charge in [-0.15, -0.1) is 6.58 Å². The molecule has 1 aliphatic heterocycles. The molecule has 2 rings (SSSR count). The number of likely N-dealkylation sites (tertiary alicyclic amines) is 1. The maximum absolute atomic E-state index is 12.1. The highest BCUT2D eigenvalue weighted by molar-refractivity contribution is 5.78. The highest BCUT2D eigenvalue weighted by Crippen LogP contribution is 2.23. The van der Waals surface area contributed by atoms with Gasteiger partial charge < -0.3 is 15.0 Å². The lowest BCUT2D eigenvalue weighted by Crippen LogP contribution is -2.36. The molecule has 0 aliphatic carbocycles. The fraction of sp³-hybridized carbons (Fsp3) is 0.500. The average molecular weight is 302 g/mol. The number of hydrogen-bond donors (Lipinski definition) is 1. The number of carbonyl (C=O) groups is 1. The van der Waals surface area contributed by atoms with Crippen LogP contribution in [0.2, 0.25) is 0 Å². The molecule has 1 N–H and O–H groups in total. The normalized spacial score (nSPS) is 17.8. The van der Waals surface area contributed by atoms with Crippen LogP contribution in [0.1, 0.15) is 24.8 Å². The summed E-state index contributed by atoms with van der Waals surface area (Å²) in [7, 11) is 1.69. The molecule has 1 heterocycles. The summed E-state index contributed by atoms with van der Waals surface area (Å²) in [6.07, 6.45) is 5.36. The summed E-state index contributed by atoms with van der Waals surface area (Å²) >= 11 is 0. The summed E-state index contributed by atoms with van der Waals surface area (Å²) in [5, 5.41) is 3.31. The van der Waals surface area contributed by atoms with Crippen LogP contribution in [0.3, 0.4) is 0 Å². The zero-order valence-electron chi connectivity index (χ0n) is 13.4. The molecule has 0 saturated carbocycles. The van der Waals surface area contributed by atoms with Crippen molar-refractivity contribution in [3.05, 3.63) is 42.5 Å². The fourth-order valence-electron chi connectivity index (χ4n) is 3.02. The maximum atomic E-state index is 12.1. The van der Waals surface area contributed by atoms with Crippen molar-refractivity contribution in [1.82, 2.24) is 10.2 Å². The minimum atomic E-state index is 0.281. The summed E-state index contributed by atoms with van der Waals surface area (Å²) < 4.78 is 5.38. The molecule has 1 aromatic carbocycles. The van der Waals surface area contributed by atoms with Crippen LogP contribution in [0.15, 0.2) is 36.9 Å². The number of carbonyl (C=O) groups excluding carboxylic acids is 1. The second kappa shape index (κ2) is 8.59. The van der Waals surface area contributed by atoms with E-state index in [4.69, 9.17) is 4.74 Å². The van der Waals surface area contributed by atoms with Crippen LogP contribution in [0.25, 0.3) is 0 Å². The molecule has 0 bridgehead atoms. The van der Waals surface area contributed by atoms with E-state index in [1.807, 2.05) is 29.2 Å². The molecular weight excluding hydrogens is 276 g/mol. The Morgan fingerprint density at radius 3 is 3.05 bits per heavy atom. The van der Waals surface area contributed by atoms with E-state index in [1.54, 1.807) is 7.11 Å². The number of benzene rings is 1. The van der Waals surface area contributed by atoms with Crippen molar-refractivity contribution >= 4 is 5.91 Å². The molecule has 22 heavy (non-hydrogen) atoms. The van der Waals surface area contributed by atoms with Gasteiger partial charge in [-0.3, -0.25) is 4.79 Å². The Bertz CT molecular complexity index is 502. The zero-order valence-corrected chi connectivity index (χ0v) is 13.4. The molecule has 1 saturated heterocycles. The van der Waals surface area contributed by atoms with E-state index in [2.05, 4.69) is 18.0 Å². The Hall–Kier alpha value is -1.81. The van der Waals surface area contributed by atoms with Gasteiger partial charge in [0.2, 0.25) is 5.91 Å². The van der Waals surface area contributed by atoms with Crippen LogP contribution in [-0.2, 0) is 11.2 Å². The second-order valence-electron chi connectivity index (χ2n) is 5.62. The van der Waals surface area contributed by atoms with Gasteiger partial charge in [0.1, 0.15) is 5.75 Å². The van der Waals surface area contributed by atoms with Gasteiger partial charge in [0.15, 0.2) is 0 Å². The first kappa shape index (κ1) is 16.6. The van der Waals surface area contributed by atoms with E-state index in [0.29, 0.717) is 12.5 Å². The van der Waals surface area contributed by atoms with Crippen LogP contribution in [0.4, 0.5) is 0 Å². The third-order valence-corrected chi connectivity index (χ3v) is 4.21. The van der Waals surface area contributed by atoms with E-state index >= 15 is 0 Å². The van der Waals surface area contributed by atoms with E-state index in [1.165, 1.54) is 0 Å². The molecule has 4 heteroatoms. The third kappa shape index (κ3) is 4.34. The van der Waals surface area contributed by atoms with Gasteiger partial charge in [-0.1, -0.05) is 24.3 Å². The molecule has 120 valence electrons. The van der Waals surface area contributed by atoms with Crippen LogP contribution >= 0.6 is 0 Å². The highest BCUT2D eigenvalue weighted by Gasteiger charge is 2.29. The van der Waals surface area contributed by atoms with Crippen molar-refractivity contribution in [2.24, 2.45) is 0 Å². The van der Waals surface area contributed by atoms with Gasteiger partial charge in [-0.2, -0.15) is 0 Å². The number of nitrogens with one attached hydrogen (secondary N) is 1. The molecule has 1 amide bonds. The van der Waals surface area contributed by atoms with Gasteiger partial charge in [0, 0.05) is 25.6 Å². The van der Waals surface area contributed by atoms with Crippen LogP contribution in [0, 0.1) is 0 Å². The fourth-order valence-corrected chi connectivity index (χ4v) is 3.02. The lowest BCUT2D eigenvalue weighted by molar-refractivity contribution is -0.129. The predicted octanol–water partition coefficient (Wildman–Crippen LogP) is 2.39. The Balaban J connectivity index is 1.88. The van der Waals surface area contributed by atoms with Crippen molar-refractivity contribution in [1.29, 1.82) is 0 Å². The van der Waals surface area contributed by atoms with Crippen LogP contribution in [0.5, 0.6) is 5.75 Å². The second-order valence-corrected chi connectivity index (χ2v) is 5.62. The Morgan fingerprint density at radius 2 is 2.27 bits per heavy atom. The quantitative estimate of drug-likeness (QED) is 0.562. The van der Waals surface area contributed by atoms with Crippen molar-refractivity contribution in [2.75, 3.05) is 26.7 Å².